The molecule has 0 bridgehead atoms. The number of hydrogen-bond donors (Lipinski definition) is 2. The van der Waals surface area contributed by atoms with Crippen molar-refractivity contribution in [2.24, 2.45) is 5.73 Å². The Balaban J connectivity index is 2.88. The van der Waals surface area contributed by atoms with Crippen LogP contribution >= 0.6 is 0 Å². The number of nitrogens with zero attached hydrogens (tertiary/aromatic N) is 1. The third-order valence-corrected chi connectivity index (χ3v) is 1.16. The van der Waals surface area contributed by atoms with E-state index in [0.717, 1.165) is 5.69 Å². The van der Waals surface area contributed by atoms with Gasteiger partial charge in [-0.05, 0) is 6.07 Å². The first-order valence-corrected chi connectivity index (χ1v) is 2.88. The Morgan fingerprint density at radius 1 is 1.90 bits per heavy atom. The lowest BCUT2D eigenvalue weighted by atomic mass is 10.3. The minimum Gasteiger partial charge on any atom is -0.364 e. The Hall–Kier alpha value is -1.32. The maximum atomic E-state index is 10.5. The van der Waals surface area contributed by atoms with Gasteiger partial charge in [-0.2, -0.15) is 5.10 Å². The fourth-order valence-corrected chi connectivity index (χ4v) is 0.611. The third kappa shape index (κ3) is 1.15. The minimum absolute atomic E-state index is 0.341. The lowest BCUT2D eigenvalue weighted by molar-refractivity contribution is 0.0995. The molecule has 0 saturated heterocycles. The molecule has 0 fully saturated rings. The highest BCUT2D eigenvalue weighted by Crippen LogP contribution is 1.99. The number of carbonyl (C=O) groups excluding carboxylic acids is 1. The fourth-order valence-electron chi connectivity index (χ4n) is 0.611. The number of nitrogens with one attached hydrogen (secondary N) is 1. The molecular weight excluding hydrogens is 130 g/mol. The van der Waals surface area contributed by atoms with Crippen LogP contribution in [0.15, 0.2) is 6.07 Å². The number of aromatic nitrogens is 2. The van der Waals surface area contributed by atoms with Gasteiger partial charge in [-0.25, -0.2) is 0 Å². The molecule has 4 nitrogen and oxygen atoms in total. The molecule has 10 heavy (non-hydrogen) atoms. The highest BCUT2D eigenvalue weighted by Gasteiger charge is 2.02. The van der Waals surface area contributed by atoms with E-state index < -0.39 is 5.91 Å². The van der Waals surface area contributed by atoms with Gasteiger partial charge in [-0.1, -0.05) is 6.92 Å². The number of nitrogens with two attached hydrogens (primary N) is 1. The molecular formula is C6H8N3O. The van der Waals surface area contributed by atoms with Crippen molar-refractivity contribution in [1.82, 2.24) is 10.2 Å². The number of hydrogen-bond acceptors (Lipinski definition) is 2. The summed E-state index contributed by atoms with van der Waals surface area (Å²) in [5.74, 6) is -0.486. The highest BCUT2D eigenvalue weighted by molar-refractivity contribution is 5.90. The molecule has 1 radical (unpaired) electrons. The largest absolute Gasteiger partial charge is 0.364 e. The van der Waals surface area contributed by atoms with E-state index in [1.54, 1.807) is 12.5 Å². The van der Waals surface area contributed by atoms with Gasteiger partial charge in [0.15, 0.2) is 0 Å². The summed E-state index contributed by atoms with van der Waals surface area (Å²) in [4.78, 5) is 10.5. The van der Waals surface area contributed by atoms with Crippen molar-refractivity contribution < 1.29 is 4.79 Å². The van der Waals surface area contributed by atoms with E-state index in [0.29, 0.717) is 5.69 Å². The van der Waals surface area contributed by atoms with Gasteiger partial charge in [-0.3, -0.25) is 9.89 Å². The summed E-state index contributed by atoms with van der Waals surface area (Å²) in [6.07, 6.45) is 1.78. The Kier molecular flexibility index (Phi) is 1.71. The van der Waals surface area contributed by atoms with Crippen molar-refractivity contribution in [1.29, 1.82) is 0 Å². The van der Waals surface area contributed by atoms with Gasteiger partial charge in [0.25, 0.3) is 5.91 Å². The van der Waals surface area contributed by atoms with Crippen molar-refractivity contribution in [3.63, 3.8) is 0 Å². The van der Waals surface area contributed by atoms with Crippen LogP contribution in [-0.4, -0.2) is 16.1 Å². The van der Waals surface area contributed by atoms with Crippen LogP contribution in [0.3, 0.4) is 0 Å². The SMILES string of the molecule is C[CH]c1cc(C(N)=O)[nH]n1. The van der Waals surface area contributed by atoms with Crippen molar-refractivity contribution in [3.8, 4) is 0 Å². The van der Waals surface area contributed by atoms with Crippen LogP contribution in [0.25, 0.3) is 0 Å². The van der Waals surface area contributed by atoms with Crippen molar-refractivity contribution in [2.45, 2.75) is 6.92 Å². The lowest BCUT2D eigenvalue weighted by Crippen LogP contribution is -2.10. The van der Waals surface area contributed by atoms with Gasteiger partial charge >= 0.3 is 0 Å². The molecule has 4 heteroatoms. The molecule has 0 aliphatic carbocycles. The first kappa shape index (κ1) is 6.80. The van der Waals surface area contributed by atoms with Crippen molar-refractivity contribution >= 4 is 5.91 Å². The van der Waals surface area contributed by atoms with Crippen LogP contribution in [-0.2, 0) is 0 Å². The first-order chi connectivity index (χ1) is 4.74. The molecule has 53 valence electrons. The van der Waals surface area contributed by atoms with E-state index in [2.05, 4.69) is 10.2 Å². The average molecular weight is 138 g/mol. The second-order valence-corrected chi connectivity index (χ2v) is 1.86. The van der Waals surface area contributed by atoms with Gasteiger partial charge in [0, 0.05) is 6.42 Å². The van der Waals surface area contributed by atoms with Gasteiger partial charge in [-0.15, -0.1) is 0 Å². The maximum absolute atomic E-state index is 10.5. The minimum atomic E-state index is -0.486. The number of primary amides is 1. The molecule has 0 aliphatic heterocycles. The smallest absolute Gasteiger partial charge is 0.266 e. The molecule has 1 aromatic heterocycles. The summed E-state index contributed by atoms with van der Waals surface area (Å²) in [7, 11) is 0. The summed E-state index contributed by atoms with van der Waals surface area (Å²) in [5, 5.41) is 6.27. The van der Waals surface area contributed by atoms with E-state index in [1.807, 2.05) is 6.92 Å². The quantitative estimate of drug-likeness (QED) is 0.607. The van der Waals surface area contributed by atoms with E-state index in [-0.39, 0.29) is 0 Å². The molecule has 1 amide bonds. The van der Waals surface area contributed by atoms with Crippen LogP contribution in [0.5, 0.6) is 0 Å². The normalized spacial score (nSPS) is 9.70. The second kappa shape index (κ2) is 2.51. The predicted molar refractivity (Wildman–Crippen MR) is 36.2 cm³/mol. The molecule has 0 spiro atoms. The molecule has 1 rings (SSSR count). The Labute approximate surface area is 58.4 Å². The summed E-state index contributed by atoms with van der Waals surface area (Å²) in [5.41, 5.74) is 6.03. The zero-order chi connectivity index (χ0) is 7.56. The van der Waals surface area contributed by atoms with Crippen molar-refractivity contribution in [2.75, 3.05) is 0 Å². The van der Waals surface area contributed by atoms with Gasteiger partial charge in [0.1, 0.15) is 5.69 Å². The number of carbonyl (C=O) groups is 1. The van der Waals surface area contributed by atoms with Gasteiger partial charge in [0.2, 0.25) is 0 Å². The fraction of sp³-hybridized carbons (Fsp3) is 0.167. The molecule has 1 aromatic rings. The maximum Gasteiger partial charge on any atom is 0.266 e. The van der Waals surface area contributed by atoms with E-state index >= 15 is 0 Å². The second-order valence-electron chi connectivity index (χ2n) is 1.86. The zero-order valence-electron chi connectivity index (χ0n) is 5.59. The summed E-state index contributed by atoms with van der Waals surface area (Å²) in [6.45, 7) is 1.83. The molecule has 0 saturated carbocycles. The zero-order valence-corrected chi connectivity index (χ0v) is 5.59. The first-order valence-electron chi connectivity index (χ1n) is 2.88. The topological polar surface area (TPSA) is 71.8 Å². The van der Waals surface area contributed by atoms with E-state index in [9.17, 15) is 4.79 Å². The van der Waals surface area contributed by atoms with Crippen LogP contribution in [0.4, 0.5) is 0 Å². The Morgan fingerprint density at radius 2 is 2.60 bits per heavy atom. The third-order valence-electron chi connectivity index (χ3n) is 1.16. The van der Waals surface area contributed by atoms with Gasteiger partial charge in [0.05, 0.1) is 5.69 Å². The lowest BCUT2D eigenvalue weighted by Gasteiger charge is -1.81. The molecule has 0 atom stereocenters. The average Bonchev–Trinajstić information content (AvgIpc) is 2.34. The van der Waals surface area contributed by atoms with Gasteiger partial charge < -0.3 is 5.73 Å². The Bertz CT molecular complexity index is 241. The highest BCUT2D eigenvalue weighted by atomic mass is 16.1. The Morgan fingerprint density at radius 3 is 2.90 bits per heavy atom. The summed E-state index contributed by atoms with van der Waals surface area (Å²) < 4.78 is 0. The number of aromatic amines is 1. The summed E-state index contributed by atoms with van der Waals surface area (Å²) >= 11 is 0. The number of H-pyrrole nitrogens is 1. The summed E-state index contributed by atoms with van der Waals surface area (Å²) in [6, 6.07) is 1.60. The van der Waals surface area contributed by atoms with E-state index in [1.165, 1.54) is 0 Å². The molecule has 3 N–H and O–H groups in total. The van der Waals surface area contributed by atoms with Crippen molar-refractivity contribution in [3.05, 3.63) is 23.9 Å². The number of amides is 1. The molecule has 0 aromatic carbocycles. The van der Waals surface area contributed by atoms with E-state index in [4.69, 9.17) is 5.73 Å². The van der Waals surface area contributed by atoms with Crippen LogP contribution in [0, 0.1) is 6.42 Å². The standard InChI is InChI=1S/C6H8N3O/c1-2-4-3-5(6(7)10)9-8-4/h2-3H,1H3,(H2,7,10)(H,8,9). The molecule has 1 heterocycles. The molecule has 0 aliphatic rings. The molecule has 0 unspecified atom stereocenters. The number of rotatable bonds is 2. The monoisotopic (exact) mass is 138 g/mol. The van der Waals surface area contributed by atoms with Crippen LogP contribution in [0.1, 0.15) is 23.1 Å². The predicted octanol–water partition coefficient (Wildman–Crippen LogP) is 0.0809. The van der Waals surface area contributed by atoms with Crippen LogP contribution < -0.4 is 5.73 Å². The van der Waals surface area contributed by atoms with Crippen LogP contribution in [0.2, 0.25) is 0 Å².